The van der Waals surface area contributed by atoms with E-state index in [2.05, 4.69) is 10.4 Å². The van der Waals surface area contributed by atoms with E-state index in [9.17, 15) is 18.0 Å². The summed E-state index contributed by atoms with van der Waals surface area (Å²) >= 11 is 0. The quantitative estimate of drug-likeness (QED) is 0.795. The number of nitrogens with zero attached hydrogens (tertiary/aromatic N) is 3. The zero-order chi connectivity index (χ0) is 16.7. The zero-order valence-corrected chi connectivity index (χ0v) is 14.1. The molecule has 1 atom stereocenters. The number of sulfone groups is 1. The van der Waals surface area contributed by atoms with Crippen molar-refractivity contribution in [2.75, 3.05) is 11.5 Å². The lowest BCUT2D eigenvalue weighted by Crippen LogP contribution is -2.48. The van der Waals surface area contributed by atoms with E-state index in [4.69, 9.17) is 0 Å². The predicted molar refractivity (Wildman–Crippen MR) is 83.9 cm³/mol. The summed E-state index contributed by atoms with van der Waals surface area (Å²) < 4.78 is 26.0. The van der Waals surface area contributed by atoms with Crippen molar-refractivity contribution in [3.8, 4) is 0 Å². The van der Waals surface area contributed by atoms with Crippen molar-refractivity contribution in [2.24, 2.45) is 0 Å². The maximum absolute atomic E-state index is 12.3. The van der Waals surface area contributed by atoms with Gasteiger partial charge in [0.05, 0.1) is 17.0 Å². The number of hydrogen-bond acceptors (Lipinski definition) is 5. The molecule has 3 heterocycles. The average Bonchev–Trinajstić information content (AvgIpc) is 2.78. The molecule has 0 bridgehead atoms. The van der Waals surface area contributed by atoms with Gasteiger partial charge in [0.1, 0.15) is 12.4 Å². The first kappa shape index (κ1) is 16.2. The molecule has 0 saturated carbocycles. The average molecular weight is 342 g/mol. The van der Waals surface area contributed by atoms with Crippen LogP contribution in [-0.2, 0) is 34.1 Å². The lowest BCUT2D eigenvalue weighted by atomic mass is 10.0. The number of rotatable bonds is 3. The third kappa shape index (κ3) is 3.49. The summed E-state index contributed by atoms with van der Waals surface area (Å²) in [6.45, 7) is 2.20. The molecule has 128 valence electrons. The maximum Gasteiger partial charge on any atom is 0.346 e. The summed E-state index contributed by atoms with van der Waals surface area (Å²) in [7, 11) is -3.09. The van der Waals surface area contributed by atoms with E-state index in [0.717, 1.165) is 31.5 Å². The van der Waals surface area contributed by atoms with Crippen molar-refractivity contribution in [1.82, 2.24) is 19.7 Å². The van der Waals surface area contributed by atoms with Crippen LogP contribution in [0.2, 0.25) is 0 Å². The Bertz CT molecular complexity index is 779. The summed E-state index contributed by atoms with van der Waals surface area (Å²) in [6.07, 6.45) is 4.17. The van der Waals surface area contributed by atoms with E-state index in [1.54, 1.807) is 11.5 Å². The minimum absolute atomic E-state index is 0.0552. The maximum atomic E-state index is 12.3. The van der Waals surface area contributed by atoms with E-state index in [0.29, 0.717) is 13.0 Å². The van der Waals surface area contributed by atoms with Crippen LogP contribution >= 0.6 is 0 Å². The van der Waals surface area contributed by atoms with Gasteiger partial charge in [0.15, 0.2) is 9.84 Å². The number of carbonyl (C=O) groups is 1. The number of aryl methyl sites for hydroxylation is 1. The molecule has 0 spiro atoms. The van der Waals surface area contributed by atoms with Gasteiger partial charge in [-0.3, -0.25) is 9.36 Å². The van der Waals surface area contributed by atoms with Crippen LogP contribution in [0, 0.1) is 0 Å². The van der Waals surface area contributed by atoms with Crippen molar-refractivity contribution in [1.29, 1.82) is 0 Å². The number of hydrogen-bond donors (Lipinski definition) is 1. The standard InChI is InChI=1S/C14H22N4O4S/c1-14(6-8-23(21,22)10-14)15-12(19)9-18-13(20)17-7-4-2-3-5-11(17)16-18/h2-10H2,1H3,(H,15,19)/t14-/m1/s1. The van der Waals surface area contributed by atoms with Crippen molar-refractivity contribution in [3.05, 3.63) is 16.3 Å². The molecule has 0 aromatic carbocycles. The molecule has 1 fully saturated rings. The van der Waals surface area contributed by atoms with Gasteiger partial charge in [0.25, 0.3) is 0 Å². The highest BCUT2D eigenvalue weighted by Gasteiger charge is 2.39. The molecule has 9 heteroatoms. The molecule has 2 aliphatic rings. The highest BCUT2D eigenvalue weighted by Crippen LogP contribution is 2.22. The fourth-order valence-electron chi connectivity index (χ4n) is 3.35. The molecular weight excluding hydrogens is 320 g/mol. The minimum Gasteiger partial charge on any atom is -0.348 e. The SMILES string of the molecule is C[C@@]1(NC(=O)Cn2nc3n(c2=O)CCCCC3)CCS(=O)(=O)C1. The molecule has 1 saturated heterocycles. The fourth-order valence-corrected chi connectivity index (χ4v) is 5.44. The van der Waals surface area contributed by atoms with Crippen LogP contribution in [-0.4, -0.2) is 45.7 Å². The number of fused-ring (bicyclic) bond motifs is 1. The predicted octanol–water partition coefficient (Wildman–Crippen LogP) is -0.535. The van der Waals surface area contributed by atoms with Gasteiger partial charge in [0, 0.05) is 13.0 Å². The van der Waals surface area contributed by atoms with Crippen LogP contribution < -0.4 is 11.0 Å². The summed E-state index contributed by atoms with van der Waals surface area (Å²) in [4.78, 5) is 24.5. The van der Waals surface area contributed by atoms with Gasteiger partial charge in [0.2, 0.25) is 5.91 Å². The second-order valence-electron chi connectivity index (χ2n) is 6.77. The number of nitrogens with one attached hydrogen (secondary N) is 1. The lowest BCUT2D eigenvalue weighted by molar-refractivity contribution is -0.123. The molecule has 2 aliphatic heterocycles. The molecule has 1 aromatic heterocycles. The van der Waals surface area contributed by atoms with E-state index >= 15 is 0 Å². The summed E-state index contributed by atoms with van der Waals surface area (Å²) in [5.41, 5.74) is -1.02. The highest BCUT2D eigenvalue weighted by atomic mass is 32.2. The molecule has 23 heavy (non-hydrogen) atoms. The summed E-state index contributed by atoms with van der Waals surface area (Å²) in [5, 5.41) is 7.02. The second-order valence-corrected chi connectivity index (χ2v) is 8.95. The molecule has 3 rings (SSSR count). The molecule has 1 N–H and O–H groups in total. The molecule has 1 amide bonds. The first-order valence-corrected chi connectivity index (χ1v) is 9.78. The molecule has 0 unspecified atom stereocenters. The Morgan fingerprint density at radius 1 is 1.35 bits per heavy atom. The Balaban J connectivity index is 1.70. The normalized spacial score (nSPS) is 26.5. The van der Waals surface area contributed by atoms with Crippen molar-refractivity contribution >= 4 is 15.7 Å². The highest BCUT2D eigenvalue weighted by molar-refractivity contribution is 7.91. The van der Waals surface area contributed by atoms with Gasteiger partial charge in [-0.1, -0.05) is 6.42 Å². The number of carbonyl (C=O) groups excluding carboxylic acids is 1. The largest absolute Gasteiger partial charge is 0.348 e. The Labute approximate surface area is 134 Å². The molecule has 8 nitrogen and oxygen atoms in total. The van der Waals surface area contributed by atoms with Gasteiger partial charge < -0.3 is 5.32 Å². The van der Waals surface area contributed by atoms with Crippen LogP contribution in [0.3, 0.4) is 0 Å². The smallest absolute Gasteiger partial charge is 0.346 e. The third-order valence-corrected chi connectivity index (χ3v) is 6.42. The molecule has 1 aromatic rings. The van der Waals surface area contributed by atoms with E-state index in [1.165, 1.54) is 4.68 Å². The van der Waals surface area contributed by atoms with Gasteiger partial charge in [-0.2, -0.15) is 5.10 Å². The monoisotopic (exact) mass is 342 g/mol. The van der Waals surface area contributed by atoms with Gasteiger partial charge in [-0.05, 0) is 26.2 Å². The van der Waals surface area contributed by atoms with Crippen molar-refractivity contribution in [3.63, 3.8) is 0 Å². The van der Waals surface area contributed by atoms with Gasteiger partial charge in [-0.25, -0.2) is 17.9 Å². The van der Waals surface area contributed by atoms with Gasteiger partial charge in [-0.15, -0.1) is 0 Å². The molecule has 0 radical (unpaired) electrons. The van der Waals surface area contributed by atoms with Crippen LogP contribution in [0.5, 0.6) is 0 Å². The summed E-state index contributed by atoms with van der Waals surface area (Å²) in [6, 6.07) is 0. The topological polar surface area (TPSA) is 103 Å². The number of amides is 1. The summed E-state index contributed by atoms with van der Waals surface area (Å²) in [5.74, 6) is 0.387. The Kier molecular flexibility index (Phi) is 4.07. The van der Waals surface area contributed by atoms with E-state index in [-0.39, 0.29) is 29.6 Å². The Hall–Kier alpha value is -1.64. The number of aromatic nitrogens is 3. The van der Waals surface area contributed by atoms with E-state index < -0.39 is 15.4 Å². The van der Waals surface area contributed by atoms with Crippen LogP contribution in [0.15, 0.2) is 4.79 Å². The first-order valence-electron chi connectivity index (χ1n) is 7.96. The van der Waals surface area contributed by atoms with Crippen LogP contribution in [0.4, 0.5) is 0 Å². The van der Waals surface area contributed by atoms with E-state index in [1.807, 2.05) is 0 Å². The molecule has 0 aliphatic carbocycles. The fraction of sp³-hybridized carbons (Fsp3) is 0.786. The van der Waals surface area contributed by atoms with Crippen molar-refractivity contribution in [2.45, 2.75) is 57.7 Å². The Morgan fingerprint density at radius 2 is 2.13 bits per heavy atom. The van der Waals surface area contributed by atoms with Gasteiger partial charge >= 0.3 is 5.69 Å². The molecular formula is C14H22N4O4S. The minimum atomic E-state index is -3.09. The third-order valence-electron chi connectivity index (χ3n) is 4.52. The van der Waals surface area contributed by atoms with Crippen LogP contribution in [0.25, 0.3) is 0 Å². The Morgan fingerprint density at radius 3 is 2.83 bits per heavy atom. The zero-order valence-electron chi connectivity index (χ0n) is 13.2. The van der Waals surface area contributed by atoms with Crippen LogP contribution in [0.1, 0.15) is 38.4 Å². The van der Waals surface area contributed by atoms with Crippen molar-refractivity contribution < 1.29 is 13.2 Å². The lowest BCUT2D eigenvalue weighted by Gasteiger charge is -2.23. The second kappa shape index (κ2) is 5.77. The first-order chi connectivity index (χ1) is 10.8.